The first-order valence-corrected chi connectivity index (χ1v) is 7.92. The molecule has 0 fully saturated rings. The molecule has 0 radical (unpaired) electrons. The van der Waals surface area contributed by atoms with Crippen LogP contribution in [0.2, 0.25) is 0 Å². The van der Waals surface area contributed by atoms with Gasteiger partial charge in [0.25, 0.3) is 5.91 Å². The van der Waals surface area contributed by atoms with Gasteiger partial charge in [-0.2, -0.15) is 0 Å². The van der Waals surface area contributed by atoms with Gasteiger partial charge >= 0.3 is 0 Å². The molecule has 5 nitrogen and oxygen atoms in total. The lowest BCUT2D eigenvalue weighted by Crippen LogP contribution is -2.31. The van der Waals surface area contributed by atoms with E-state index in [1.807, 2.05) is 30.3 Å². The quantitative estimate of drug-likeness (QED) is 0.781. The molecule has 2 amide bonds. The maximum atomic E-state index is 11.8. The number of methoxy groups -OCH3 is 1. The third kappa shape index (κ3) is 5.76. The minimum Gasteiger partial charge on any atom is -0.497 e. The molecule has 2 rings (SSSR count). The predicted molar refractivity (Wildman–Crippen MR) is 93.1 cm³/mol. The van der Waals surface area contributed by atoms with Crippen molar-refractivity contribution in [1.82, 2.24) is 10.6 Å². The number of hydrogen-bond acceptors (Lipinski definition) is 3. The van der Waals surface area contributed by atoms with E-state index < -0.39 is 0 Å². The Kier molecular flexibility index (Phi) is 6.83. The summed E-state index contributed by atoms with van der Waals surface area (Å²) in [6.45, 7) is 0.889. The molecule has 0 saturated heterocycles. The second-order valence-corrected chi connectivity index (χ2v) is 5.32. The number of carbonyl (C=O) groups excluding carboxylic acids is 2. The molecule has 0 aromatic heterocycles. The van der Waals surface area contributed by atoms with Crippen LogP contribution < -0.4 is 15.4 Å². The second kappa shape index (κ2) is 9.35. The lowest BCUT2D eigenvalue weighted by molar-refractivity contribution is -0.120. The van der Waals surface area contributed by atoms with Gasteiger partial charge in [0.15, 0.2) is 0 Å². The molecular formula is C19H22N2O3. The standard InChI is InChI=1S/C19H22N2O3/c1-24-17-9-7-15(8-10-17)11-13-20-18(22)12-14-21-19(23)16-5-3-2-4-6-16/h2-10H,11-14H2,1H3,(H,20,22)(H,21,23). The van der Waals surface area contributed by atoms with Crippen LogP contribution in [0.3, 0.4) is 0 Å². The second-order valence-electron chi connectivity index (χ2n) is 5.32. The van der Waals surface area contributed by atoms with Gasteiger partial charge in [-0.05, 0) is 36.2 Å². The van der Waals surface area contributed by atoms with Gasteiger partial charge in [-0.15, -0.1) is 0 Å². The Hall–Kier alpha value is -2.82. The largest absolute Gasteiger partial charge is 0.497 e. The van der Waals surface area contributed by atoms with E-state index in [1.54, 1.807) is 31.4 Å². The summed E-state index contributed by atoms with van der Waals surface area (Å²) in [6.07, 6.45) is 1.02. The maximum Gasteiger partial charge on any atom is 0.251 e. The number of hydrogen-bond donors (Lipinski definition) is 2. The van der Waals surface area contributed by atoms with Crippen LogP contribution in [0.15, 0.2) is 54.6 Å². The van der Waals surface area contributed by atoms with E-state index in [2.05, 4.69) is 10.6 Å². The van der Waals surface area contributed by atoms with E-state index in [4.69, 9.17) is 4.74 Å². The highest BCUT2D eigenvalue weighted by molar-refractivity contribution is 5.94. The number of nitrogens with one attached hydrogen (secondary N) is 2. The summed E-state index contributed by atoms with van der Waals surface area (Å²) in [4.78, 5) is 23.6. The Morgan fingerprint density at radius 2 is 1.62 bits per heavy atom. The average molecular weight is 326 g/mol. The van der Waals surface area contributed by atoms with Crippen molar-refractivity contribution in [2.24, 2.45) is 0 Å². The molecule has 0 saturated carbocycles. The van der Waals surface area contributed by atoms with E-state index in [0.717, 1.165) is 17.7 Å². The summed E-state index contributed by atoms with van der Waals surface area (Å²) in [5, 5.41) is 5.59. The zero-order valence-electron chi connectivity index (χ0n) is 13.7. The van der Waals surface area contributed by atoms with Crippen molar-refractivity contribution >= 4 is 11.8 Å². The average Bonchev–Trinajstić information content (AvgIpc) is 2.63. The summed E-state index contributed by atoms with van der Waals surface area (Å²) < 4.78 is 5.10. The zero-order valence-corrected chi connectivity index (χ0v) is 13.7. The molecular weight excluding hydrogens is 304 g/mol. The van der Waals surface area contributed by atoms with E-state index in [9.17, 15) is 9.59 Å². The Labute approximate surface area is 142 Å². The highest BCUT2D eigenvalue weighted by Crippen LogP contribution is 2.11. The minimum absolute atomic E-state index is 0.0723. The number of rotatable bonds is 8. The zero-order chi connectivity index (χ0) is 17.2. The topological polar surface area (TPSA) is 67.4 Å². The molecule has 0 aliphatic heterocycles. The Morgan fingerprint density at radius 1 is 0.917 bits per heavy atom. The molecule has 2 aromatic rings. The van der Waals surface area contributed by atoms with Gasteiger partial charge in [-0.1, -0.05) is 30.3 Å². The fraction of sp³-hybridized carbons (Fsp3) is 0.263. The summed E-state index contributed by atoms with van der Waals surface area (Å²) in [5.41, 5.74) is 1.73. The van der Waals surface area contributed by atoms with Gasteiger partial charge in [0.2, 0.25) is 5.91 Å². The van der Waals surface area contributed by atoms with Gasteiger partial charge in [0.05, 0.1) is 7.11 Å². The molecule has 0 atom stereocenters. The highest BCUT2D eigenvalue weighted by Gasteiger charge is 2.05. The Bertz CT molecular complexity index is 654. The van der Waals surface area contributed by atoms with Gasteiger partial charge in [-0.25, -0.2) is 0 Å². The first kappa shape index (κ1) is 17.5. The van der Waals surface area contributed by atoms with Gasteiger partial charge in [0.1, 0.15) is 5.75 Å². The van der Waals surface area contributed by atoms with Crippen LogP contribution in [0, 0.1) is 0 Å². The summed E-state index contributed by atoms with van der Waals surface area (Å²) in [5.74, 6) is 0.579. The van der Waals surface area contributed by atoms with Crippen molar-refractivity contribution < 1.29 is 14.3 Å². The molecule has 0 aliphatic rings. The molecule has 5 heteroatoms. The normalized spacial score (nSPS) is 10.0. The lowest BCUT2D eigenvalue weighted by Gasteiger charge is -2.07. The number of ether oxygens (including phenoxy) is 1. The smallest absolute Gasteiger partial charge is 0.251 e. The van der Waals surface area contributed by atoms with Crippen molar-refractivity contribution in [2.75, 3.05) is 20.2 Å². The third-order valence-corrected chi connectivity index (χ3v) is 3.57. The Morgan fingerprint density at radius 3 is 2.29 bits per heavy atom. The summed E-state index contributed by atoms with van der Waals surface area (Å²) >= 11 is 0. The van der Waals surface area contributed by atoms with Gasteiger partial charge in [0, 0.05) is 25.1 Å². The van der Waals surface area contributed by atoms with Crippen LogP contribution in [-0.2, 0) is 11.2 Å². The minimum atomic E-state index is -0.165. The molecule has 24 heavy (non-hydrogen) atoms. The van der Waals surface area contributed by atoms with Gasteiger partial charge in [-0.3, -0.25) is 9.59 Å². The van der Waals surface area contributed by atoms with Crippen molar-refractivity contribution in [1.29, 1.82) is 0 Å². The van der Waals surface area contributed by atoms with Crippen molar-refractivity contribution in [3.8, 4) is 5.75 Å². The third-order valence-electron chi connectivity index (χ3n) is 3.57. The van der Waals surface area contributed by atoms with Crippen LogP contribution in [-0.4, -0.2) is 32.0 Å². The molecule has 2 N–H and O–H groups in total. The van der Waals surface area contributed by atoms with Crippen molar-refractivity contribution in [3.05, 3.63) is 65.7 Å². The molecule has 0 aliphatic carbocycles. The number of benzene rings is 2. The molecule has 126 valence electrons. The summed E-state index contributed by atoms with van der Waals surface area (Å²) in [7, 11) is 1.63. The molecule has 2 aromatic carbocycles. The number of amides is 2. The van der Waals surface area contributed by atoms with Crippen LogP contribution >= 0.6 is 0 Å². The predicted octanol–water partition coefficient (Wildman–Crippen LogP) is 2.17. The fourth-order valence-electron chi connectivity index (χ4n) is 2.21. The van der Waals surface area contributed by atoms with Gasteiger partial charge < -0.3 is 15.4 Å². The van der Waals surface area contributed by atoms with Crippen LogP contribution in [0.25, 0.3) is 0 Å². The Balaban J connectivity index is 1.62. The number of carbonyl (C=O) groups is 2. The molecule has 0 heterocycles. The molecule has 0 bridgehead atoms. The van der Waals surface area contributed by atoms with Crippen LogP contribution in [0.4, 0.5) is 0 Å². The summed E-state index contributed by atoms with van der Waals surface area (Å²) in [6, 6.07) is 16.7. The maximum absolute atomic E-state index is 11.8. The van der Waals surface area contributed by atoms with Crippen LogP contribution in [0.1, 0.15) is 22.3 Å². The highest BCUT2D eigenvalue weighted by atomic mass is 16.5. The van der Waals surface area contributed by atoms with E-state index in [-0.39, 0.29) is 18.2 Å². The van der Waals surface area contributed by atoms with Crippen molar-refractivity contribution in [3.63, 3.8) is 0 Å². The van der Waals surface area contributed by atoms with E-state index in [0.29, 0.717) is 18.7 Å². The molecule has 0 spiro atoms. The first-order chi connectivity index (χ1) is 11.7. The lowest BCUT2D eigenvalue weighted by atomic mass is 10.1. The SMILES string of the molecule is COc1ccc(CCNC(=O)CCNC(=O)c2ccccc2)cc1. The first-order valence-electron chi connectivity index (χ1n) is 7.92. The monoisotopic (exact) mass is 326 g/mol. The fourth-order valence-corrected chi connectivity index (χ4v) is 2.21. The molecule has 0 unspecified atom stereocenters. The van der Waals surface area contributed by atoms with E-state index in [1.165, 1.54) is 0 Å². The van der Waals surface area contributed by atoms with Crippen LogP contribution in [0.5, 0.6) is 5.75 Å². The van der Waals surface area contributed by atoms with Crippen molar-refractivity contribution in [2.45, 2.75) is 12.8 Å². The van der Waals surface area contributed by atoms with E-state index >= 15 is 0 Å².